The molecule has 4 aromatic rings. The molecule has 0 spiro atoms. The molecule has 0 radical (unpaired) electrons. The molecule has 0 aliphatic rings. The van der Waals surface area contributed by atoms with Crippen molar-refractivity contribution in [1.82, 2.24) is 4.98 Å². The first kappa shape index (κ1) is 22.2. The van der Waals surface area contributed by atoms with Crippen LogP contribution in [0.25, 0.3) is 32.4 Å². The maximum atomic E-state index is 12.6. The summed E-state index contributed by atoms with van der Waals surface area (Å²) in [4.78, 5) is 17.6. The number of pyridine rings is 1. The number of allylic oxidation sites excluding steroid dienone is 1. The van der Waals surface area contributed by atoms with E-state index in [4.69, 9.17) is 4.98 Å². The quantitative estimate of drug-likeness (QED) is 0.130. The minimum atomic E-state index is 0.361. The number of benzene rings is 3. The largest absolute Gasteiger partial charge is 0.300 e. The van der Waals surface area contributed by atoms with Gasteiger partial charge in [-0.2, -0.15) is 0 Å². The number of carbonyl (C=O) groups is 1. The van der Waals surface area contributed by atoms with Gasteiger partial charge in [0.1, 0.15) is 5.78 Å². The highest BCUT2D eigenvalue weighted by molar-refractivity contribution is 6.17. The summed E-state index contributed by atoms with van der Waals surface area (Å²) < 4.78 is 0. The van der Waals surface area contributed by atoms with E-state index in [1.165, 1.54) is 52.6 Å². The standard InChI is InChI=1S/C30H33NO/c1-2-3-4-5-6-7-8-9-15-24(32)20-22-29-30-25-16-11-10-14-23(25)19-21-27(30)26-17-12-13-18-28(26)31-29/h2,10-14,16-19,21H,1,3-9,15,20,22H2. The van der Waals surface area contributed by atoms with Gasteiger partial charge in [0.2, 0.25) is 0 Å². The Morgan fingerprint density at radius 3 is 2.31 bits per heavy atom. The Bertz CT molecular complexity index is 1220. The van der Waals surface area contributed by atoms with Crippen LogP contribution in [0.1, 0.15) is 63.5 Å². The summed E-state index contributed by atoms with van der Waals surface area (Å²) >= 11 is 0. The molecule has 1 aromatic heterocycles. The van der Waals surface area contributed by atoms with Gasteiger partial charge < -0.3 is 0 Å². The molecule has 0 fully saturated rings. The van der Waals surface area contributed by atoms with Crippen LogP contribution in [-0.4, -0.2) is 10.8 Å². The fraction of sp³-hybridized carbons (Fsp3) is 0.333. The van der Waals surface area contributed by atoms with Crippen LogP contribution in [0.2, 0.25) is 0 Å². The van der Waals surface area contributed by atoms with Crippen molar-refractivity contribution in [2.45, 2.75) is 64.2 Å². The second-order valence-corrected chi connectivity index (χ2v) is 8.77. The number of Topliss-reactive ketones (excluding diaryl/α,β-unsaturated/α-hetero) is 1. The van der Waals surface area contributed by atoms with Crippen molar-refractivity contribution in [3.63, 3.8) is 0 Å². The highest BCUT2D eigenvalue weighted by Crippen LogP contribution is 2.33. The molecule has 0 aliphatic carbocycles. The topological polar surface area (TPSA) is 30.0 Å². The molecule has 0 N–H and O–H groups in total. The van der Waals surface area contributed by atoms with Crippen LogP contribution < -0.4 is 0 Å². The van der Waals surface area contributed by atoms with Gasteiger partial charge in [-0.15, -0.1) is 6.58 Å². The highest BCUT2D eigenvalue weighted by Gasteiger charge is 2.13. The lowest BCUT2D eigenvalue weighted by Crippen LogP contribution is -2.03. The monoisotopic (exact) mass is 423 g/mol. The molecule has 2 nitrogen and oxygen atoms in total. The molecule has 4 rings (SSSR count). The van der Waals surface area contributed by atoms with Crippen LogP contribution in [0.15, 0.2) is 73.3 Å². The van der Waals surface area contributed by atoms with E-state index in [9.17, 15) is 4.79 Å². The number of aromatic nitrogens is 1. The molecule has 32 heavy (non-hydrogen) atoms. The number of carbonyl (C=O) groups excluding carboxylic acids is 1. The Hall–Kier alpha value is -3.00. The van der Waals surface area contributed by atoms with E-state index >= 15 is 0 Å². The molecule has 0 saturated heterocycles. The first-order valence-electron chi connectivity index (χ1n) is 12.1. The number of fused-ring (bicyclic) bond motifs is 5. The van der Waals surface area contributed by atoms with E-state index in [1.54, 1.807) is 0 Å². The minimum Gasteiger partial charge on any atom is -0.300 e. The average Bonchev–Trinajstić information content (AvgIpc) is 2.83. The van der Waals surface area contributed by atoms with Crippen molar-refractivity contribution in [3.05, 3.63) is 79.0 Å². The lowest BCUT2D eigenvalue weighted by molar-refractivity contribution is -0.119. The van der Waals surface area contributed by atoms with Gasteiger partial charge >= 0.3 is 0 Å². The molecule has 0 saturated carbocycles. The van der Waals surface area contributed by atoms with Crippen molar-refractivity contribution < 1.29 is 4.79 Å². The molecule has 0 atom stereocenters. The zero-order chi connectivity index (χ0) is 22.2. The molecule has 0 amide bonds. The van der Waals surface area contributed by atoms with Crippen molar-refractivity contribution in [2.24, 2.45) is 0 Å². The van der Waals surface area contributed by atoms with E-state index < -0.39 is 0 Å². The Morgan fingerprint density at radius 2 is 1.47 bits per heavy atom. The number of para-hydroxylation sites is 1. The summed E-state index contributed by atoms with van der Waals surface area (Å²) in [5, 5.41) is 6.05. The normalized spacial score (nSPS) is 11.4. The van der Waals surface area contributed by atoms with Crippen LogP contribution in [0.4, 0.5) is 0 Å². The molecule has 164 valence electrons. The summed E-state index contributed by atoms with van der Waals surface area (Å²) in [6.45, 7) is 3.77. The first-order valence-corrected chi connectivity index (χ1v) is 12.1. The van der Waals surface area contributed by atoms with Gasteiger partial charge in [0, 0.05) is 29.3 Å². The number of unbranched alkanes of at least 4 members (excludes halogenated alkanes) is 6. The summed E-state index contributed by atoms with van der Waals surface area (Å²) in [7, 11) is 0. The fourth-order valence-electron chi connectivity index (χ4n) is 4.69. The van der Waals surface area contributed by atoms with Crippen LogP contribution in [-0.2, 0) is 11.2 Å². The number of aryl methyl sites for hydroxylation is 1. The van der Waals surface area contributed by atoms with Gasteiger partial charge in [0.25, 0.3) is 0 Å². The predicted octanol–water partition coefficient (Wildman–Crippen LogP) is 8.35. The molecule has 0 aliphatic heterocycles. The van der Waals surface area contributed by atoms with Gasteiger partial charge in [-0.25, -0.2) is 0 Å². The second kappa shape index (κ2) is 11.0. The molecule has 3 aromatic carbocycles. The zero-order valence-electron chi connectivity index (χ0n) is 19.0. The van der Waals surface area contributed by atoms with Gasteiger partial charge in [0.15, 0.2) is 0 Å². The smallest absolute Gasteiger partial charge is 0.133 e. The van der Waals surface area contributed by atoms with Crippen molar-refractivity contribution >= 4 is 38.2 Å². The fourth-order valence-corrected chi connectivity index (χ4v) is 4.69. The number of hydrogen-bond donors (Lipinski definition) is 0. The first-order chi connectivity index (χ1) is 15.8. The summed E-state index contributed by atoms with van der Waals surface area (Å²) in [5.74, 6) is 0.361. The maximum Gasteiger partial charge on any atom is 0.133 e. The Labute approximate surface area is 191 Å². The summed E-state index contributed by atoms with van der Waals surface area (Å²) in [6, 6.07) is 21.2. The Morgan fingerprint density at radius 1 is 0.750 bits per heavy atom. The van der Waals surface area contributed by atoms with Crippen molar-refractivity contribution in [1.29, 1.82) is 0 Å². The van der Waals surface area contributed by atoms with Crippen LogP contribution in [0, 0.1) is 0 Å². The Kier molecular flexibility index (Phi) is 7.66. The van der Waals surface area contributed by atoms with E-state index in [-0.39, 0.29) is 0 Å². The van der Waals surface area contributed by atoms with E-state index in [0.29, 0.717) is 25.0 Å². The lowest BCUT2D eigenvalue weighted by atomic mass is 9.95. The molecular formula is C30H33NO. The molecule has 0 unspecified atom stereocenters. The third-order valence-electron chi connectivity index (χ3n) is 6.42. The SMILES string of the molecule is C=CCCCCCCCCC(=O)CCc1nc2ccccc2c2ccc3ccccc3c12. The molecular weight excluding hydrogens is 390 g/mol. The van der Waals surface area contributed by atoms with Crippen molar-refractivity contribution in [2.75, 3.05) is 0 Å². The third kappa shape index (κ3) is 5.24. The zero-order valence-corrected chi connectivity index (χ0v) is 19.0. The van der Waals surface area contributed by atoms with Gasteiger partial charge in [-0.05, 0) is 47.9 Å². The van der Waals surface area contributed by atoms with E-state index in [2.05, 4.69) is 61.2 Å². The van der Waals surface area contributed by atoms with Gasteiger partial charge in [-0.1, -0.05) is 86.4 Å². The van der Waals surface area contributed by atoms with E-state index in [1.807, 2.05) is 12.1 Å². The summed E-state index contributed by atoms with van der Waals surface area (Å²) in [6.07, 6.45) is 12.3. The predicted molar refractivity (Wildman–Crippen MR) is 137 cm³/mol. The van der Waals surface area contributed by atoms with Crippen molar-refractivity contribution in [3.8, 4) is 0 Å². The lowest BCUT2D eigenvalue weighted by Gasteiger charge is -2.12. The number of ketones is 1. The maximum absolute atomic E-state index is 12.6. The van der Waals surface area contributed by atoms with Crippen LogP contribution in [0.5, 0.6) is 0 Å². The third-order valence-corrected chi connectivity index (χ3v) is 6.42. The number of rotatable bonds is 12. The number of hydrogen-bond acceptors (Lipinski definition) is 2. The summed E-state index contributed by atoms with van der Waals surface area (Å²) in [5.41, 5.74) is 2.06. The molecule has 0 bridgehead atoms. The Balaban J connectivity index is 1.45. The van der Waals surface area contributed by atoms with Gasteiger partial charge in [-0.3, -0.25) is 9.78 Å². The highest BCUT2D eigenvalue weighted by atomic mass is 16.1. The van der Waals surface area contributed by atoms with E-state index in [0.717, 1.165) is 30.5 Å². The average molecular weight is 424 g/mol. The van der Waals surface area contributed by atoms with Crippen LogP contribution in [0.3, 0.4) is 0 Å². The second-order valence-electron chi connectivity index (χ2n) is 8.77. The molecule has 1 heterocycles. The van der Waals surface area contributed by atoms with Crippen LogP contribution >= 0.6 is 0 Å². The number of nitrogens with zero attached hydrogens (tertiary/aromatic N) is 1. The minimum absolute atomic E-state index is 0.361. The molecule has 2 heteroatoms. The van der Waals surface area contributed by atoms with Gasteiger partial charge in [0.05, 0.1) is 5.52 Å².